The summed E-state index contributed by atoms with van der Waals surface area (Å²) in [5.41, 5.74) is 3.29. The summed E-state index contributed by atoms with van der Waals surface area (Å²) in [5, 5.41) is 0. The van der Waals surface area contributed by atoms with Crippen LogP contribution in [0.1, 0.15) is 17.0 Å². The number of nitrogens with zero attached hydrogens (tertiary/aromatic N) is 1. The van der Waals surface area contributed by atoms with E-state index in [1.165, 1.54) is 15.7 Å². The molecule has 0 spiro atoms. The molecule has 1 nitrogen and oxygen atoms in total. The van der Waals surface area contributed by atoms with Gasteiger partial charge in [0.15, 0.2) is 0 Å². The van der Waals surface area contributed by atoms with Gasteiger partial charge in [-0.3, -0.25) is 4.98 Å². The fourth-order valence-corrected chi connectivity index (χ4v) is 2.55. The Morgan fingerprint density at radius 3 is 2.47 bits per heavy atom. The lowest BCUT2D eigenvalue weighted by Crippen LogP contribution is -1.97. The zero-order valence-electron chi connectivity index (χ0n) is 9.58. The maximum Gasteiger partial charge on any atom is 0.123 e. The third-order valence-corrected chi connectivity index (χ3v) is 3.18. The van der Waals surface area contributed by atoms with Gasteiger partial charge >= 0.3 is 0 Å². The molecule has 1 aromatic carbocycles. The van der Waals surface area contributed by atoms with Crippen LogP contribution in [0.25, 0.3) is 0 Å². The molecule has 17 heavy (non-hydrogen) atoms. The minimum atomic E-state index is -0.183. The molecule has 0 bridgehead atoms. The molecular weight excluding hydrogens is 328 g/mol. The summed E-state index contributed by atoms with van der Waals surface area (Å²) in [4.78, 5) is 4.49. The smallest absolute Gasteiger partial charge is 0.123 e. The summed E-state index contributed by atoms with van der Waals surface area (Å²) >= 11 is 2.30. The predicted octanol–water partition coefficient (Wildman–Crippen LogP) is 3.92. The summed E-state index contributed by atoms with van der Waals surface area (Å²) in [6, 6.07) is 10.8. The predicted molar refractivity (Wildman–Crippen MR) is 75.5 cm³/mol. The highest BCUT2D eigenvalue weighted by Gasteiger charge is 2.00. The Hall–Kier alpha value is -0.970. The van der Waals surface area contributed by atoms with Crippen LogP contribution in [-0.4, -0.2) is 4.98 Å². The van der Waals surface area contributed by atoms with Gasteiger partial charge in [-0.1, -0.05) is 12.1 Å². The molecule has 0 N–H and O–H groups in total. The first-order valence-electron chi connectivity index (χ1n) is 5.51. The fraction of sp³-hybridized carbons (Fsp3) is 0.214. The van der Waals surface area contributed by atoms with E-state index >= 15 is 0 Å². The lowest BCUT2D eigenvalue weighted by Gasteiger charge is -2.04. The van der Waals surface area contributed by atoms with E-state index in [9.17, 15) is 4.39 Å². The second kappa shape index (κ2) is 5.58. The SMILES string of the molecule is Cc1cc(I)cc(CCc2ccc(F)cc2)n1. The number of hydrogen-bond acceptors (Lipinski definition) is 1. The number of rotatable bonds is 3. The van der Waals surface area contributed by atoms with E-state index in [-0.39, 0.29) is 5.82 Å². The van der Waals surface area contributed by atoms with Crippen molar-refractivity contribution in [2.45, 2.75) is 19.8 Å². The van der Waals surface area contributed by atoms with Gasteiger partial charge in [-0.05, 0) is 72.2 Å². The number of aryl methyl sites for hydroxylation is 3. The first-order valence-corrected chi connectivity index (χ1v) is 6.59. The summed E-state index contributed by atoms with van der Waals surface area (Å²) in [6.45, 7) is 2.00. The molecule has 1 aromatic heterocycles. The van der Waals surface area contributed by atoms with E-state index in [4.69, 9.17) is 0 Å². The zero-order valence-corrected chi connectivity index (χ0v) is 11.7. The van der Waals surface area contributed by atoms with Gasteiger partial charge in [0.2, 0.25) is 0 Å². The molecule has 2 aromatic rings. The largest absolute Gasteiger partial charge is 0.258 e. The van der Waals surface area contributed by atoms with Crippen molar-refractivity contribution in [2.75, 3.05) is 0 Å². The molecule has 0 atom stereocenters. The van der Waals surface area contributed by atoms with E-state index in [1.807, 2.05) is 19.1 Å². The second-order valence-electron chi connectivity index (χ2n) is 4.04. The Labute approximate surface area is 114 Å². The van der Waals surface area contributed by atoms with Gasteiger partial charge in [0.25, 0.3) is 0 Å². The van der Waals surface area contributed by atoms with Crippen LogP contribution in [0.5, 0.6) is 0 Å². The van der Waals surface area contributed by atoms with Gasteiger partial charge in [0.1, 0.15) is 5.82 Å². The van der Waals surface area contributed by atoms with E-state index in [2.05, 4.69) is 39.7 Å². The molecule has 2 rings (SSSR count). The molecule has 0 aliphatic rings. The molecule has 0 saturated carbocycles. The minimum Gasteiger partial charge on any atom is -0.258 e. The standard InChI is InChI=1S/C14H13FIN/c1-10-8-13(16)9-14(17-10)7-4-11-2-5-12(15)6-3-11/h2-3,5-6,8-9H,4,7H2,1H3. The van der Waals surface area contributed by atoms with Crippen molar-refractivity contribution in [3.8, 4) is 0 Å². The number of hydrogen-bond donors (Lipinski definition) is 0. The Kier molecular flexibility index (Phi) is 4.10. The van der Waals surface area contributed by atoms with E-state index in [1.54, 1.807) is 0 Å². The van der Waals surface area contributed by atoms with Crippen molar-refractivity contribution in [2.24, 2.45) is 0 Å². The van der Waals surface area contributed by atoms with Gasteiger partial charge in [0, 0.05) is 15.0 Å². The van der Waals surface area contributed by atoms with Crippen molar-refractivity contribution < 1.29 is 4.39 Å². The fourth-order valence-electron chi connectivity index (χ4n) is 1.74. The molecule has 0 aliphatic heterocycles. The van der Waals surface area contributed by atoms with E-state index in [0.717, 1.165) is 29.8 Å². The molecule has 0 radical (unpaired) electrons. The highest BCUT2D eigenvalue weighted by Crippen LogP contribution is 2.11. The van der Waals surface area contributed by atoms with Crippen molar-refractivity contribution in [3.05, 3.63) is 62.7 Å². The minimum absolute atomic E-state index is 0.183. The number of aromatic nitrogens is 1. The molecule has 3 heteroatoms. The maximum atomic E-state index is 12.7. The second-order valence-corrected chi connectivity index (χ2v) is 5.29. The summed E-state index contributed by atoms with van der Waals surface area (Å²) in [6.07, 6.45) is 1.79. The summed E-state index contributed by atoms with van der Waals surface area (Å²) < 4.78 is 14.0. The highest BCUT2D eigenvalue weighted by atomic mass is 127. The van der Waals surface area contributed by atoms with Crippen LogP contribution >= 0.6 is 22.6 Å². The number of pyridine rings is 1. The van der Waals surface area contributed by atoms with Crippen LogP contribution < -0.4 is 0 Å². The van der Waals surface area contributed by atoms with Crippen LogP contribution in [0.2, 0.25) is 0 Å². The molecule has 0 amide bonds. The molecular formula is C14H13FIN. The topological polar surface area (TPSA) is 12.9 Å². The molecule has 0 saturated heterocycles. The quantitative estimate of drug-likeness (QED) is 0.772. The average Bonchev–Trinajstić information content (AvgIpc) is 2.27. The summed E-state index contributed by atoms with van der Waals surface area (Å²) in [7, 11) is 0. The monoisotopic (exact) mass is 341 g/mol. The molecule has 88 valence electrons. The third kappa shape index (κ3) is 3.77. The normalized spacial score (nSPS) is 10.5. The van der Waals surface area contributed by atoms with Crippen molar-refractivity contribution in [3.63, 3.8) is 0 Å². The summed E-state index contributed by atoms with van der Waals surface area (Å²) in [5.74, 6) is -0.183. The van der Waals surface area contributed by atoms with Crippen LogP contribution in [-0.2, 0) is 12.8 Å². The first kappa shape index (κ1) is 12.5. The average molecular weight is 341 g/mol. The van der Waals surface area contributed by atoms with E-state index in [0.29, 0.717) is 0 Å². The Morgan fingerprint density at radius 2 is 1.82 bits per heavy atom. The maximum absolute atomic E-state index is 12.7. The van der Waals surface area contributed by atoms with Crippen LogP contribution in [0.3, 0.4) is 0 Å². The number of benzene rings is 1. The van der Waals surface area contributed by atoms with Gasteiger partial charge in [-0.2, -0.15) is 0 Å². The van der Waals surface area contributed by atoms with Gasteiger partial charge in [-0.25, -0.2) is 4.39 Å². The molecule has 0 fully saturated rings. The Bertz CT molecular complexity index is 488. The van der Waals surface area contributed by atoms with Crippen molar-refractivity contribution in [1.29, 1.82) is 0 Å². The van der Waals surface area contributed by atoms with Gasteiger partial charge in [-0.15, -0.1) is 0 Å². The van der Waals surface area contributed by atoms with Gasteiger partial charge in [0.05, 0.1) is 0 Å². The first-order chi connectivity index (χ1) is 8.13. The van der Waals surface area contributed by atoms with Crippen LogP contribution in [0.4, 0.5) is 4.39 Å². The molecule has 1 heterocycles. The zero-order chi connectivity index (χ0) is 12.3. The van der Waals surface area contributed by atoms with Gasteiger partial charge < -0.3 is 0 Å². The third-order valence-electron chi connectivity index (χ3n) is 2.55. The lowest BCUT2D eigenvalue weighted by atomic mass is 10.1. The number of halogens is 2. The van der Waals surface area contributed by atoms with Crippen LogP contribution in [0, 0.1) is 16.3 Å². The lowest BCUT2D eigenvalue weighted by molar-refractivity contribution is 0.627. The Balaban J connectivity index is 2.04. The highest BCUT2D eigenvalue weighted by molar-refractivity contribution is 14.1. The molecule has 0 aliphatic carbocycles. The van der Waals surface area contributed by atoms with Crippen LogP contribution in [0.15, 0.2) is 36.4 Å². The van der Waals surface area contributed by atoms with Crippen molar-refractivity contribution in [1.82, 2.24) is 4.98 Å². The Morgan fingerprint density at radius 1 is 1.12 bits per heavy atom. The van der Waals surface area contributed by atoms with Crippen molar-refractivity contribution >= 4 is 22.6 Å². The molecule has 0 unspecified atom stereocenters. The van der Waals surface area contributed by atoms with E-state index < -0.39 is 0 Å².